The number of hydrogen-bond acceptors (Lipinski definition) is 6. The van der Waals surface area contributed by atoms with Gasteiger partial charge in [0.2, 0.25) is 0 Å². The maximum absolute atomic E-state index is 6.32. The molecule has 0 atom stereocenters. The third kappa shape index (κ3) is 3.77. The van der Waals surface area contributed by atoms with Crippen molar-refractivity contribution in [2.24, 2.45) is 0 Å². The molecule has 2 aromatic carbocycles. The minimum absolute atomic E-state index is 0.490. The lowest BCUT2D eigenvalue weighted by Crippen LogP contribution is -2.06. The molecule has 1 N–H and O–H groups in total. The molecule has 35 heavy (non-hydrogen) atoms. The second-order valence-electron chi connectivity index (χ2n) is 8.82. The molecule has 1 aliphatic heterocycles. The molecule has 0 radical (unpaired) electrons. The summed E-state index contributed by atoms with van der Waals surface area (Å²) in [5, 5.41) is 14.5. The zero-order valence-corrected chi connectivity index (χ0v) is 19.9. The van der Waals surface area contributed by atoms with Gasteiger partial charge in [-0.25, -0.2) is 9.97 Å². The van der Waals surface area contributed by atoms with Crippen LogP contribution in [-0.2, 0) is 19.6 Å². The van der Waals surface area contributed by atoms with E-state index in [0.29, 0.717) is 19.0 Å². The fourth-order valence-electron chi connectivity index (χ4n) is 4.80. The smallest absolute Gasteiger partial charge is 0.198 e. The van der Waals surface area contributed by atoms with E-state index in [-0.39, 0.29) is 0 Å². The zero-order valence-electron chi connectivity index (χ0n) is 19.9. The zero-order chi connectivity index (χ0) is 23.9. The van der Waals surface area contributed by atoms with Crippen LogP contribution < -0.4 is 4.74 Å². The Kier molecular flexibility index (Phi) is 5.13. The van der Waals surface area contributed by atoms with Crippen LogP contribution in [0.15, 0.2) is 48.5 Å². The number of nitrogens with zero attached hydrogens (tertiary/aromatic N) is 6. The highest BCUT2D eigenvalue weighted by Crippen LogP contribution is 2.38. The predicted octanol–water partition coefficient (Wildman–Crippen LogP) is 4.65. The van der Waals surface area contributed by atoms with Gasteiger partial charge in [-0.05, 0) is 65.1 Å². The molecule has 4 heterocycles. The topological polar surface area (TPSA) is 94.4 Å². The van der Waals surface area contributed by atoms with Crippen LogP contribution in [0.3, 0.4) is 0 Å². The van der Waals surface area contributed by atoms with Gasteiger partial charge in [-0.2, -0.15) is 5.21 Å². The molecule has 0 bridgehead atoms. The van der Waals surface area contributed by atoms with Gasteiger partial charge in [0.15, 0.2) is 11.5 Å². The van der Waals surface area contributed by atoms with Crippen LogP contribution in [0.5, 0.6) is 5.75 Å². The van der Waals surface area contributed by atoms with Crippen molar-refractivity contribution in [3.05, 3.63) is 93.7 Å². The fourth-order valence-corrected chi connectivity index (χ4v) is 4.80. The maximum Gasteiger partial charge on any atom is 0.198 e. The Hall–Kier alpha value is -4.33. The number of rotatable bonds is 4. The summed E-state index contributed by atoms with van der Waals surface area (Å²) in [5.74, 6) is 2.39. The van der Waals surface area contributed by atoms with Crippen LogP contribution in [0.2, 0.25) is 0 Å². The number of tetrazole rings is 1. The molecule has 8 nitrogen and oxygen atoms in total. The lowest BCUT2D eigenvalue weighted by Gasteiger charge is -2.13. The van der Waals surface area contributed by atoms with Crippen molar-refractivity contribution in [2.45, 2.75) is 40.3 Å². The monoisotopic (exact) mass is 463 g/mol. The predicted molar refractivity (Wildman–Crippen MR) is 134 cm³/mol. The van der Waals surface area contributed by atoms with Gasteiger partial charge in [0.25, 0.3) is 0 Å². The van der Waals surface area contributed by atoms with E-state index >= 15 is 0 Å². The molecule has 5 aromatic rings. The van der Waals surface area contributed by atoms with Crippen molar-refractivity contribution < 1.29 is 4.74 Å². The highest BCUT2D eigenvalue weighted by atomic mass is 16.5. The van der Waals surface area contributed by atoms with E-state index in [1.165, 1.54) is 0 Å². The minimum Gasteiger partial charge on any atom is -0.488 e. The molecule has 0 saturated carbocycles. The van der Waals surface area contributed by atoms with E-state index in [1.54, 1.807) is 0 Å². The summed E-state index contributed by atoms with van der Waals surface area (Å²) in [4.78, 5) is 9.71. The average molecular weight is 464 g/mol. The molecular weight excluding hydrogens is 438 g/mol. The average Bonchev–Trinajstić information content (AvgIpc) is 3.46. The Morgan fingerprint density at radius 1 is 1.06 bits per heavy atom. The van der Waals surface area contributed by atoms with E-state index in [0.717, 1.165) is 68.2 Å². The van der Waals surface area contributed by atoms with Crippen molar-refractivity contribution in [1.82, 2.24) is 35.2 Å². The lowest BCUT2D eigenvalue weighted by molar-refractivity contribution is 0.307. The number of benzene rings is 2. The number of H-pyrrole nitrogens is 1. The summed E-state index contributed by atoms with van der Waals surface area (Å²) in [6.07, 6.45) is 2.78. The number of aromatic nitrogens is 7. The number of ether oxygens (including phenoxy) is 1. The highest BCUT2D eigenvalue weighted by molar-refractivity contribution is 5.93. The van der Waals surface area contributed by atoms with Crippen molar-refractivity contribution in [3.8, 4) is 5.75 Å². The van der Waals surface area contributed by atoms with Crippen LogP contribution in [0.1, 0.15) is 52.1 Å². The summed E-state index contributed by atoms with van der Waals surface area (Å²) in [6, 6.07) is 16.7. The second kappa shape index (κ2) is 8.47. The van der Waals surface area contributed by atoms with E-state index < -0.39 is 0 Å². The highest BCUT2D eigenvalue weighted by Gasteiger charge is 2.21. The fraction of sp³-hybridized carbons (Fsp3) is 0.222. The van der Waals surface area contributed by atoms with E-state index in [9.17, 15) is 0 Å². The summed E-state index contributed by atoms with van der Waals surface area (Å²) in [6.45, 7) is 7.42. The number of nitrogens with one attached hydrogen (secondary N) is 1. The number of hydrogen-bond donors (Lipinski definition) is 1. The molecule has 0 saturated heterocycles. The van der Waals surface area contributed by atoms with Crippen LogP contribution in [0.4, 0.5) is 0 Å². The van der Waals surface area contributed by atoms with Crippen molar-refractivity contribution in [2.75, 3.05) is 0 Å². The van der Waals surface area contributed by atoms with E-state index in [1.807, 2.05) is 25.1 Å². The Balaban J connectivity index is 1.45. The third-order valence-electron chi connectivity index (χ3n) is 6.42. The number of pyridine rings is 1. The molecule has 0 fully saturated rings. The SMILES string of the molecule is CCc1nc2c(C)cc(C)nc2n1Cc1ccc2c(c1)OCc1ccccc1C2=Cc1nn[nH]n1. The van der Waals surface area contributed by atoms with Crippen LogP contribution in [0.25, 0.3) is 22.8 Å². The molecule has 0 aliphatic carbocycles. The Morgan fingerprint density at radius 2 is 1.94 bits per heavy atom. The molecular formula is C27H25N7O. The van der Waals surface area contributed by atoms with Gasteiger partial charge in [0, 0.05) is 17.7 Å². The van der Waals surface area contributed by atoms with E-state index in [4.69, 9.17) is 14.7 Å². The van der Waals surface area contributed by atoms with Gasteiger partial charge in [-0.3, -0.25) is 0 Å². The maximum atomic E-state index is 6.32. The largest absolute Gasteiger partial charge is 0.488 e. The number of fused-ring (bicyclic) bond motifs is 3. The van der Waals surface area contributed by atoms with E-state index in [2.05, 4.69) is 75.4 Å². The van der Waals surface area contributed by atoms with Gasteiger partial charge in [-0.15, -0.1) is 10.2 Å². The lowest BCUT2D eigenvalue weighted by atomic mass is 9.93. The van der Waals surface area contributed by atoms with Gasteiger partial charge in [0.1, 0.15) is 23.7 Å². The van der Waals surface area contributed by atoms with Gasteiger partial charge >= 0.3 is 0 Å². The summed E-state index contributed by atoms with van der Waals surface area (Å²) in [5.41, 5.74) is 9.41. The first-order chi connectivity index (χ1) is 17.1. The Bertz CT molecular complexity index is 1580. The molecule has 3 aromatic heterocycles. The first-order valence-corrected chi connectivity index (χ1v) is 11.7. The standard InChI is InChI=1S/C27H25N7O/c1-4-25-29-26-16(2)11-17(3)28-27(26)34(25)14-18-9-10-21-22(13-24-30-32-33-31-24)20-8-6-5-7-19(20)15-35-23(21)12-18/h5-13H,4,14-15H2,1-3H3,(H,30,31,32,33). The van der Waals surface area contributed by atoms with Gasteiger partial charge in [0.05, 0.1) is 6.54 Å². The van der Waals surface area contributed by atoms with Crippen molar-refractivity contribution in [3.63, 3.8) is 0 Å². The Morgan fingerprint density at radius 3 is 2.77 bits per heavy atom. The minimum atomic E-state index is 0.490. The van der Waals surface area contributed by atoms with Crippen molar-refractivity contribution in [1.29, 1.82) is 0 Å². The number of aromatic amines is 1. The summed E-state index contributed by atoms with van der Waals surface area (Å²) < 4.78 is 8.54. The summed E-state index contributed by atoms with van der Waals surface area (Å²) >= 11 is 0. The molecule has 8 heteroatoms. The quantitative estimate of drug-likeness (QED) is 0.417. The van der Waals surface area contributed by atoms with Gasteiger partial charge in [-0.1, -0.05) is 43.3 Å². The molecule has 0 amide bonds. The van der Waals surface area contributed by atoms with Crippen molar-refractivity contribution >= 4 is 22.8 Å². The third-order valence-corrected chi connectivity index (χ3v) is 6.42. The summed E-state index contributed by atoms with van der Waals surface area (Å²) in [7, 11) is 0. The van der Waals surface area contributed by atoms with Crippen LogP contribution in [-0.4, -0.2) is 35.2 Å². The molecule has 1 aliphatic rings. The number of imidazole rings is 1. The molecule has 6 rings (SSSR count). The molecule has 0 spiro atoms. The first-order valence-electron chi connectivity index (χ1n) is 11.7. The Labute approximate surface area is 202 Å². The molecule has 174 valence electrons. The van der Waals surface area contributed by atoms with Crippen LogP contribution >= 0.6 is 0 Å². The molecule has 0 unspecified atom stereocenters. The normalized spacial score (nSPS) is 14.0. The number of aryl methyl sites for hydroxylation is 3. The second-order valence-corrected chi connectivity index (χ2v) is 8.82. The first kappa shape index (κ1) is 21.2. The van der Waals surface area contributed by atoms with Gasteiger partial charge < -0.3 is 9.30 Å². The van der Waals surface area contributed by atoms with Crippen LogP contribution in [0, 0.1) is 13.8 Å².